The molecule has 21 heavy (non-hydrogen) atoms. The van der Waals surface area contributed by atoms with Crippen molar-refractivity contribution < 1.29 is 9.59 Å². The second kappa shape index (κ2) is 5.11. The highest BCUT2D eigenvalue weighted by atomic mass is 35.5. The number of rotatable bonds is 3. The fraction of sp³-hybridized carbons (Fsp3) is 0.429. The zero-order valence-corrected chi connectivity index (χ0v) is 12.6. The summed E-state index contributed by atoms with van der Waals surface area (Å²) >= 11 is 5.83. The Morgan fingerprint density at radius 1 is 1.33 bits per heavy atom. The zero-order valence-electron chi connectivity index (χ0n) is 11.8. The molecule has 0 aromatic carbocycles. The number of pyridine rings is 1. The number of imide groups is 1. The second-order valence-corrected chi connectivity index (χ2v) is 5.52. The molecular formula is C14H15ClN4O2. The van der Waals surface area contributed by atoms with E-state index in [1.807, 2.05) is 19.1 Å². The molecule has 1 atom stereocenters. The molecule has 3 heterocycles. The van der Waals surface area contributed by atoms with Crippen LogP contribution in [0.3, 0.4) is 0 Å². The first-order valence-corrected chi connectivity index (χ1v) is 7.27. The van der Waals surface area contributed by atoms with Gasteiger partial charge in [0, 0.05) is 25.0 Å². The molecule has 0 bridgehead atoms. The average Bonchev–Trinajstić information content (AvgIpc) is 2.91. The molecule has 1 saturated heterocycles. The van der Waals surface area contributed by atoms with Crippen molar-refractivity contribution in [2.24, 2.45) is 0 Å². The molecule has 0 N–H and O–H groups in total. The molecule has 0 aliphatic carbocycles. The van der Waals surface area contributed by atoms with Crippen LogP contribution in [0.15, 0.2) is 12.1 Å². The lowest BCUT2D eigenvalue weighted by atomic mass is 10.2. The van der Waals surface area contributed by atoms with E-state index in [1.165, 1.54) is 7.05 Å². The molecule has 1 fully saturated rings. The van der Waals surface area contributed by atoms with Crippen LogP contribution in [0.1, 0.15) is 24.0 Å². The van der Waals surface area contributed by atoms with Gasteiger partial charge in [0.15, 0.2) is 5.65 Å². The van der Waals surface area contributed by atoms with E-state index in [1.54, 1.807) is 4.57 Å². The predicted molar refractivity (Wildman–Crippen MR) is 78.1 cm³/mol. The SMILES string of the molecule is Cc1ccc2nc(CCCl)n(C3CC(=O)N(C)C3=O)c2n1. The Labute approximate surface area is 126 Å². The minimum Gasteiger partial charge on any atom is -0.299 e. The Balaban J connectivity index is 2.19. The molecule has 1 aliphatic heterocycles. The molecule has 2 amide bonds. The number of aromatic nitrogens is 3. The molecule has 2 aromatic rings. The number of aryl methyl sites for hydroxylation is 2. The number of hydrogen-bond donors (Lipinski definition) is 0. The summed E-state index contributed by atoms with van der Waals surface area (Å²) in [6, 6.07) is 3.18. The molecule has 0 radical (unpaired) electrons. The van der Waals surface area contributed by atoms with Crippen molar-refractivity contribution in [3.05, 3.63) is 23.7 Å². The number of fused-ring (bicyclic) bond motifs is 1. The highest BCUT2D eigenvalue weighted by Gasteiger charge is 2.39. The van der Waals surface area contributed by atoms with E-state index < -0.39 is 6.04 Å². The topological polar surface area (TPSA) is 68.1 Å². The number of halogens is 1. The van der Waals surface area contributed by atoms with Gasteiger partial charge in [-0.3, -0.25) is 19.1 Å². The Hall–Kier alpha value is -1.95. The Morgan fingerprint density at radius 3 is 2.71 bits per heavy atom. The predicted octanol–water partition coefficient (Wildman–Crippen LogP) is 1.45. The summed E-state index contributed by atoms with van der Waals surface area (Å²) in [5.41, 5.74) is 2.19. The van der Waals surface area contributed by atoms with Gasteiger partial charge in [0.1, 0.15) is 17.4 Å². The fourth-order valence-corrected chi connectivity index (χ4v) is 2.81. The van der Waals surface area contributed by atoms with Crippen LogP contribution in [-0.2, 0) is 16.0 Å². The van der Waals surface area contributed by atoms with Crippen LogP contribution in [-0.4, -0.2) is 44.2 Å². The first-order valence-electron chi connectivity index (χ1n) is 6.73. The second-order valence-electron chi connectivity index (χ2n) is 5.14. The van der Waals surface area contributed by atoms with Crippen LogP contribution in [0, 0.1) is 6.92 Å². The summed E-state index contributed by atoms with van der Waals surface area (Å²) in [5.74, 6) is 0.682. The first kappa shape index (κ1) is 14.0. The van der Waals surface area contributed by atoms with E-state index in [9.17, 15) is 9.59 Å². The van der Waals surface area contributed by atoms with Crippen LogP contribution in [0.25, 0.3) is 11.2 Å². The maximum atomic E-state index is 12.3. The van der Waals surface area contributed by atoms with Crippen LogP contribution in [0.4, 0.5) is 0 Å². The van der Waals surface area contributed by atoms with Gasteiger partial charge in [0.05, 0.1) is 6.42 Å². The summed E-state index contributed by atoms with van der Waals surface area (Å²) in [7, 11) is 1.50. The van der Waals surface area contributed by atoms with Crippen LogP contribution >= 0.6 is 11.6 Å². The molecule has 2 aromatic heterocycles. The monoisotopic (exact) mass is 306 g/mol. The molecule has 6 nitrogen and oxygen atoms in total. The third kappa shape index (κ3) is 2.19. The van der Waals surface area contributed by atoms with Crippen molar-refractivity contribution in [3.63, 3.8) is 0 Å². The van der Waals surface area contributed by atoms with E-state index in [-0.39, 0.29) is 18.2 Å². The van der Waals surface area contributed by atoms with E-state index in [2.05, 4.69) is 9.97 Å². The van der Waals surface area contributed by atoms with Gasteiger partial charge >= 0.3 is 0 Å². The fourth-order valence-electron chi connectivity index (χ4n) is 2.64. The van der Waals surface area contributed by atoms with Crippen LogP contribution < -0.4 is 0 Å². The van der Waals surface area contributed by atoms with Crippen molar-refractivity contribution in [2.75, 3.05) is 12.9 Å². The number of carbonyl (C=O) groups is 2. The summed E-state index contributed by atoms with van der Waals surface area (Å²) in [5, 5.41) is 0. The minimum atomic E-state index is -0.569. The van der Waals surface area contributed by atoms with E-state index >= 15 is 0 Å². The lowest BCUT2D eigenvalue weighted by molar-refractivity contribution is -0.137. The third-order valence-corrected chi connectivity index (χ3v) is 3.93. The molecule has 7 heteroatoms. The quantitative estimate of drug-likeness (QED) is 0.636. The Morgan fingerprint density at radius 2 is 2.10 bits per heavy atom. The molecule has 1 aliphatic rings. The third-order valence-electron chi connectivity index (χ3n) is 3.74. The van der Waals surface area contributed by atoms with Crippen LogP contribution in [0.5, 0.6) is 0 Å². The highest BCUT2D eigenvalue weighted by Crippen LogP contribution is 2.29. The number of likely N-dealkylation sites (tertiary alicyclic amines) is 1. The lowest BCUT2D eigenvalue weighted by Crippen LogP contribution is -2.27. The van der Waals surface area contributed by atoms with E-state index in [0.29, 0.717) is 23.8 Å². The summed E-state index contributed by atoms with van der Waals surface area (Å²) in [4.78, 5) is 34.2. The van der Waals surface area contributed by atoms with Crippen molar-refractivity contribution in [1.82, 2.24) is 19.4 Å². The van der Waals surface area contributed by atoms with Gasteiger partial charge in [-0.15, -0.1) is 11.6 Å². The van der Waals surface area contributed by atoms with Gasteiger partial charge in [0.2, 0.25) is 5.91 Å². The van der Waals surface area contributed by atoms with Gasteiger partial charge in [-0.1, -0.05) is 0 Å². The van der Waals surface area contributed by atoms with E-state index in [0.717, 1.165) is 16.1 Å². The van der Waals surface area contributed by atoms with Gasteiger partial charge in [-0.05, 0) is 19.1 Å². The standard InChI is InChI=1S/C14H15ClN4O2/c1-8-3-4-9-13(16-8)19(11(17-9)5-6-15)10-7-12(20)18(2)14(10)21/h3-4,10H,5-7H2,1-2H3. The normalized spacial score (nSPS) is 19.0. The molecular weight excluding hydrogens is 292 g/mol. The smallest absolute Gasteiger partial charge is 0.252 e. The number of imidazole rings is 1. The number of alkyl halides is 1. The number of carbonyl (C=O) groups excluding carboxylic acids is 2. The van der Waals surface area contributed by atoms with Gasteiger partial charge < -0.3 is 0 Å². The number of amides is 2. The summed E-state index contributed by atoms with van der Waals surface area (Å²) in [6.07, 6.45) is 0.671. The number of nitrogens with zero attached hydrogens (tertiary/aromatic N) is 4. The van der Waals surface area contributed by atoms with Gasteiger partial charge in [0.25, 0.3) is 5.91 Å². The minimum absolute atomic E-state index is 0.145. The van der Waals surface area contributed by atoms with Crippen molar-refractivity contribution in [1.29, 1.82) is 0 Å². The summed E-state index contributed by atoms with van der Waals surface area (Å²) in [6.45, 7) is 1.88. The van der Waals surface area contributed by atoms with Crippen molar-refractivity contribution in [2.45, 2.75) is 25.8 Å². The van der Waals surface area contributed by atoms with Crippen LogP contribution in [0.2, 0.25) is 0 Å². The maximum Gasteiger partial charge on any atom is 0.252 e. The van der Waals surface area contributed by atoms with Crippen molar-refractivity contribution >= 4 is 34.6 Å². The molecule has 0 spiro atoms. The highest BCUT2D eigenvalue weighted by molar-refractivity contribution is 6.18. The average molecular weight is 307 g/mol. The molecule has 110 valence electrons. The first-order chi connectivity index (χ1) is 10.0. The van der Waals surface area contributed by atoms with Gasteiger partial charge in [-0.2, -0.15) is 0 Å². The molecule has 1 unspecified atom stereocenters. The lowest BCUT2D eigenvalue weighted by Gasteiger charge is -2.14. The molecule has 0 saturated carbocycles. The zero-order chi connectivity index (χ0) is 15.1. The molecule has 3 rings (SSSR count). The van der Waals surface area contributed by atoms with Crippen molar-refractivity contribution in [3.8, 4) is 0 Å². The van der Waals surface area contributed by atoms with E-state index in [4.69, 9.17) is 11.6 Å². The maximum absolute atomic E-state index is 12.3. The Bertz CT molecular complexity index is 740. The number of likely N-dealkylation sites (N-methyl/N-ethyl adjacent to an activating group) is 1. The van der Waals surface area contributed by atoms with Gasteiger partial charge in [-0.25, -0.2) is 9.97 Å². The largest absolute Gasteiger partial charge is 0.299 e. The number of hydrogen-bond acceptors (Lipinski definition) is 4. The summed E-state index contributed by atoms with van der Waals surface area (Å²) < 4.78 is 1.77. The Kier molecular flexibility index (Phi) is 3.41.